The Morgan fingerprint density at radius 2 is 2.15 bits per heavy atom. The van der Waals surface area contributed by atoms with Crippen molar-refractivity contribution in [3.8, 4) is 0 Å². The summed E-state index contributed by atoms with van der Waals surface area (Å²) < 4.78 is 0. The fourth-order valence-corrected chi connectivity index (χ4v) is 4.51. The molecule has 4 unspecified atom stereocenters. The third-order valence-electron chi connectivity index (χ3n) is 5.51. The second kappa shape index (κ2) is 6.30. The van der Waals surface area contributed by atoms with Gasteiger partial charge in [-0.25, -0.2) is 0 Å². The molecule has 1 aromatic rings. The number of fused-ring (bicyclic) bond motifs is 2. The lowest BCUT2D eigenvalue weighted by Gasteiger charge is -2.28. The van der Waals surface area contributed by atoms with E-state index < -0.39 is 0 Å². The average molecular weight is 271 g/mol. The molecular formula is C19H29N. The molecule has 2 aliphatic carbocycles. The Morgan fingerprint density at radius 3 is 2.80 bits per heavy atom. The van der Waals surface area contributed by atoms with E-state index in [-0.39, 0.29) is 0 Å². The highest BCUT2D eigenvalue weighted by Gasteiger charge is 2.40. The summed E-state index contributed by atoms with van der Waals surface area (Å²) in [5, 5.41) is 3.80. The summed E-state index contributed by atoms with van der Waals surface area (Å²) in [6.45, 7) is 5.61. The highest BCUT2D eigenvalue weighted by Crippen LogP contribution is 2.50. The van der Waals surface area contributed by atoms with Crippen molar-refractivity contribution in [3.05, 3.63) is 35.4 Å². The molecule has 3 rings (SSSR count). The van der Waals surface area contributed by atoms with E-state index in [1.54, 1.807) is 0 Å². The minimum absolute atomic E-state index is 0.569. The molecule has 20 heavy (non-hydrogen) atoms. The van der Waals surface area contributed by atoms with Crippen LogP contribution in [0, 0.1) is 24.7 Å². The molecule has 2 bridgehead atoms. The van der Waals surface area contributed by atoms with Gasteiger partial charge < -0.3 is 5.32 Å². The van der Waals surface area contributed by atoms with Crippen LogP contribution >= 0.6 is 0 Å². The van der Waals surface area contributed by atoms with Crippen LogP contribution in [0.25, 0.3) is 0 Å². The molecule has 0 radical (unpaired) electrons. The molecule has 0 spiro atoms. The Hall–Kier alpha value is -0.820. The van der Waals surface area contributed by atoms with Crippen molar-refractivity contribution in [2.75, 3.05) is 6.54 Å². The Kier molecular flexibility index (Phi) is 4.45. The van der Waals surface area contributed by atoms with E-state index in [0.717, 1.165) is 24.3 Å². The lowest BCUT2D eigenvalue weighted by molar-refractivity contribution is 0.279. The van der Waals surface area contributed by atoms with E-state index in [9.17, 15) is 0 Å². The molecular weight excluding hydrogens is 242 g/mol. The van der Waals surface area contributed by atoms with Crippen molar-refractivity contribution in [1.29, 1.82) is 0 Å². The molecule has 2 saturated carbocycles. The van der Waals surface area contributed by atoms with Gasteiger partial charge in [-0.2, -0.15) is 0 Å². The topological polar surface area (TPSA) is 12.0 Å². The van der Waals surface area contributed by atoms with Crippen molar-refractivity contribution >= 4 is 0 Å². The van der Waals surface area contributed by atoms with Crippen molar-refractivity contribution in [1.82, 2.24) is 5.32 Å². The second-order valence-corrected chi connectivity index (χ2v) is 7.09. The number of rotatable bonds is 6. The smallest absolute Gasteiger partial charge is 0.0323 e. The van der Waals surface area contributed by atoms with Crippen LogP contribution in [0.2, 0.25) is 0 Å². The molecule has 0 amide bonds. The van der Waals surface area contributed by atoms with E-state index in [1.165, 1.54) is 49.7 Å². The first-order chi connectivity index (χ1) is 9.76. The first kappa shape index (κ1) is 14.1. The van der Waals surface area contributed by atoms with E-state index in [4.69, 9.17) is 0 Å². The zero-order valence-corrected chi connectivity index (χ0v) is 13.1. The highest BCUT2D eigenvalue weighted by atomic mass is 14.9. The third-order valence-corrected chi connectivity index (χ3v) is 5.51. The predicted molar refractivity (Wildman–Crippen MR) is 85.8 cm³/mol. The average Bonchev–Trinajstić information content (AvgIpc) is 3.06. The molecule has 1 nitrogen and oxygen atoms in total. The predicted octanol–water partition coefficient (Wildman–Crippen LogP) is 4.86. The van der Waals surface area contributed by atoms with E-state index in [1.807, 2.05) is 0 Å². The molecule has 110 valence electrons. The van der Waals surface area contributed by atoms with Crippen LogP contribution in [0.1, 0.15) is 62.6 Å². The summed E-state index contributed by atoms with van der Waals surface area (Å²) in [6, 6.07) is 9.68. The zero-order valence-electron chi connectivity index (χ0n) is 13.1. The highest BCUT2D eigenvalue weighted by molar-refractivity contribution is 5.25. The summed E-state index contributed by atoms with van der Waals surface area (Å²) in [4.78, 5) is 0. The SMILES string of the molecule is CCCNC(CC1CC2CCC1C2)c1cccc(C)c1. The Balaban J connectivity index is 1.69. The monoisotopic (exact) mass is 271 g/mol. The van der Waals surface area contributed by atoms with Crippen molar-refractivity contribution < 1.29 is 0 Å². The number of benzene rings is 1. The Labute approximate surface area is 124 Å². The van der Waals surface area contributed by atoms with Gasteiger partial charge in [0.25, 0.3) is 0 Å². The second-order valence-electron chi connectivity index (χ2n) is 7.09. The minimum atomic E-state index is 0.569. The van der Waals surface area contributed by atoms with Crippen LogP contribution in [0.4, 0.5) is 0 Å². The van der Waals surface area contributed by atoms with E-state index >= 15 is 0 Å². The number of nitrogens with one attached hydrogen (secondary N) is 1. The van der Waals surface area contributed by atoms with Gasteiger partial charge in [-0.3, -0.25) is 0 Å². The van der Waals surface area contributed by atoms with Crippen molar-refractivity contribution in [3.63, 3.8) is 0 Å². The molecule has 1 N–H and O–H groups in total. The minimum Gasteiger partial charge on any atom is -0.310 e. The fourth-order valence-electron chi connectivity index (χ4n) is 4.51. The van der Waals surface area contributed by atoms with Crippen LogP contribution in [0.3, 0.4) is 0 Å². The normalized spacial score (nSPS) is 29.8. The summed E-state index contributed by atoms with van der Waals surface area (Å²) in [6.07, 6.45) is 8.62. The Bertz CT molecular complexity index is 439. The lowest BCUT2D eigenvalue weighted by atomic mass is 9.82. The van der Waals surface area contributed by atoms with Gasteiger partial charge in [0.15, 0.2) is 0 Å². The molecule has 0 aromatic heterocycles. The first-order valence-corrected chi connectivity index (χ1v) is 8.56. The van der Waals surface area contributed by atoms with Gasteiger partial charge in [0.05, 0.1) is 0 Å². The van der Waals surface area contributed by atoms with E-state index in [0.29, 0.717) is 6.04 Å². The molecule has 2 fully saturated rings. The standard InChI is InChI=1S/C19H29N/c1-3-9-20-19(17-6-4-5-14(2)10-17)13-18-12-15-7-8-16(18)11-15/h4-6,10,15-16,18-20H,3,7-9,11-13H2,1-2H3. The van der Waals surface area contributed by atoms with Crippen LogP contribution in [-0.4, -0.2) is 6.54 Å². The van der Waals surface area contributed by atoms with Crippen LogP contribution < -0.4 is 5.32 Å². The van der Waals surface area contributed by atoms with Crippen LogP contribution in [0.15, 0.2) is 24.3 Å². The largest absolute Gasteiger partial charge is 0.310 e. The first-order valence-electron chi connectivity index (χ1n) is 8.56. The fraction of sp³-hybridized carbons (Fsp3) is 0.684. The Morgan fingerprint density at radius 1 is 1.25 bits per heavy atom. The van der Waals surface area contributed by atoms with Gasteiger partial charge in [0.2, 0.25) is 0 Å². The maximum absolute atomic E-state index is 3.80. The lowest BCUT2D eigenvalue weighted by Crippen LogP contribution is -2.26. The van der Waals surface area contributed by atoms with Gasteiger partial charge in [0, 0.05) is 6.04 Å². The van der Waals surface area contributed by atoms with E-state index in [2.05, 4.69) is 43.4 Å². The maximum atomic E-state index is 3.80. The van der Waals surface area contributed by atoms with Gasteiger partial charge in [-0.05, 0) is 68.9 Å². The molecule has 0 heterocycles. The van der Waals surface area contributed by atoms with Gasteiger partial charge >= 0.3 is 0 Å². The van der Waals surface area contributed by atoms with Gasteiger partial charge in [-0.15, -0.1) is 0 Å². The molecule has 2 aliphatic rings. The number of aryl methyl sites for hydroxylation is 1. The molecule has 0 saturated heterocycles. The maximum Gasteiger partial charge on any atom is 0.0323 e. The summed E-state index contributed by atoms with van der Waals surface area (Å²) >= 11 is 0. The van der Waals surface area contributed by atoms with Gasteiger partial charge in [0.1, 0.15) is 0 Å². The van der Waals surface area contributed by atoms with Crippen LogP contribution in [-0.2, 0) is 0 Å². The summed E-state index contributed by atoms with van der Waals surface area (Å²) in [5.74, 6) is 3.08. The molecule has 4 atom stereocenters. The molecule has 1 heteroatoms. The number of hydrogen-bond donors (Lipinski definition) is 1. The van der Waals surface area contributed by atoms with Gasteiger partial charge in [-0.1, -0.05) is 43.2 Å². The number of hydrogen-bond acceptors (Lipinski definition) is 1. The molecule has 0 aliphatic heterocycles. The summed E-state index contributed by atoms with van der Waals surface area (Å²) in [5.41, 5.74) is 2.89. The third kappa shape index (κ3) is 3.09. The molecule has 1 aromatic carbocycles. The van der Waals surface area contributed by atoms with Crippen molar-refractivity contribution in [2.24, 2.45) is 17.8 Å². The van der Waals surface area contributed by atoms with Crippen molar-refractivity contribution in [2.45, 2.75) is 58.4 Å². The quantitative estimate of drug-likeness (QED) is 0.779. The zero-order chi connectivity index (χ0) is 13.9. The van der Waals surface area contributed by atoms with Crippen LogP contribution in [0.5, 0.6) is 0 Å². The summed E-state index contributed by atoms with van der Waals surface area (Å²) in [7, 11) is 0.